The normalized spacial score (nSPS) is 17.8. The van der Waals surface area contributed by atoms with Crippen LogP contribution in [0.3, 0.4) is 0 Å². The van der Waals surface area contributed by atoms with Gasteiger partial charge < -0.3 is 5.73 Å². The van der Waals surface area contributed by atoms with E-state index in [1.54, 1.807) is 0 Å². The number of ketones is 1. The summed E-state index contributed by atoms with van der Waals surface area (Å²) < 4.78 is 1.85. The molecule has 5 heteroatoms. The van der Waals surface area contributed by atoms with Gasteiger partial charge in [0.1, 0.15) is 17.6 Å². The smallest absolute Gasteiger partial charge is 0.151 e. The number of hydrogen-bond donors (Lipinski definition) is 1. The molecule has 88 valence electrons. The molecule has 17 heavy (non-hydrogen) atoms. The Morgan fingerprint density at radius 3 is 2.82 bits per heavy atom. The topological polar surface area (TPSA) is 73.3 Å². The molecule has 1 aliphatic carbocycles. The fraction of sp³-hybridized carbons (Fsp3) is 0.417. The molecule has 0 bridgehead atoms. The van der Waals surface area contributed by atoms with E-state index in [0.717, 1.165) is 24.1 Å². The maximum Gasteiger partial charge on any atom is 0.151 e. The van der Waals surface area contributed by atoms with Gasteiger partial charge >= 0.3 is 0 Å². The van der Waals surface area contributed by atoms with Crippen LogP contribution < -0.4 is 5.73 Å². The first-order valence-electron chi connectivity index (χ1n) is 5.85. The first-order valence-corrected chi connectivity index (χ1v) is 5.85. The lowest BCUT2D eigenvalue weighted by atomic mass is 9.86. The molecule has 0 spiro atoms. The van der Waals surface area contributed by atoms with Crippen molar-refractivity contribution in [2.75, 3.05) is 5.73 Å². The molecule has 2 aromatic heterocycles. The second-order valence-corrected chi connectivity index (χ2v) is 4.51. The Kier molecular flexibility index (Phi) is 2.31. The highest BCUT2D eigenvalue weighted by atomic mass is 16.1. The number of fused-ring (bicyclic) bond motifs is 1. The first kappa shape index (κ1) is 10.3. The molecular formula is C12H14N4O. The van der Waals surface area contributed by atoms with Crippen molar-refractivity contribution >= 4 is 17.1 Å². The Morgan fingerprint density at radius 1 is 1.29 bits per heavy atom. The highest BCUT2D eigenvalue weighted by Crippen LogP contribution is 2.32. The Bertz CT molecular complexity index is 565. The lowest BCUT2D eigenvalue weighted by Crippen LogP contribution is -2.14. The summed E-state index contributed by atoms with van der Waals surface area (Å²) in [4.78, 5) is 15.2. The molecule has 2 N–H and O–H groups in total. The van der Waals surface area contributed by atoms with Crippen molar-refractivity contribution in [3.05, 3.63) is 24.2 Å². The van der Waals surface area contributed by atoms with Gasteiger partial charge in [-0.15, -0.1) is 0 Å². The number of nitrogens with zero attached hydrogens (tertiary/aromatic N) is 3. The van der Waals surface area contributed by atoms with Gasteiger partial charge in [-0.05, 0) is 25.0 Å². The fourth-order valence-corrected chi connectivity index (χ4v) is 2.52. The van der Waals surface area contributed by atoms with Crippen LogP contribution in [0.4, 0.5) is 5.82 Å². The lowest BCUT2D eigenvalue weighted by Gasteiger charge is -2.20. The molecule has 5 nitrogen and oxygen atoms in total. The lowest BCUT2D eigenvalue weighted by molar-refractivity contribution is -0.120. The molecule has 1 fully saturated rings. The van der Waals surface area contributed by atoms with Crippen molar-refractivity contribution < 1.29 is 4.79 Å². The standard InChI is InChI=1S/C12H14N4O/c13-12-11-6-5-10(16(11)15-7-14-12)8-1-3-9(17)4-2-8/h5-8H,1-4H2,(H2,13,14,15). The molecule has 1 saturated carbocycles. The van der Waals surface area contributed by atoms with E-state index in [1.165, 1.54) is 6.33 Å². The van der Waals surface area contributed by atoms with Crippen molar-refractivity contribution in [2.45, 2.75) is 31.6 Å². The van der Waals surface area contributed by atoms with Crippen LogP contribution >= 0.6 is 0 Å². The van der Waals surface area contributed by atoms with E-state index in [9.17, 15) is 4.79 Å². The van der Waals surface area contributed by atoms with Crippen LogP contribution in [0.25, 0.3) is 5.52 Å². The molecule has 3 rings (SSSR count). The number of aromatic nitrogens is 3. The van der Waals surface area contributed by atoms with Crippen molar-refractivity contribution in [1.29, 1.82) is 0 Å². The molecule has 0 radical (unpaired) electrons. The number of carbonyl (C=O) groups excluding carboxylic acids is 1. The van der Waals surface area contributed by atoms with Crippen molar-refractivity contribution in [3.8, 4) is 0 Å². The highest BCUT2D eigenvalue weighted by Gasteiger charge is 2.23. The second kappa shape index (κ2) is 3.84. The van der Waals surface area contributed by atoms with E-state index in [-0.39, 0.29) is 0 Å². The summed E-state index contributed by atoms with van der Waals surface area (Å²) in [6.07, 6.45) is 4.65. The number of anilines is 1. The minimum Gasteiger partial charge on any atom is -0.382 e. The second-order valence-electron chi connectivity index (χ2n) is 4.51. The van der Waals surface area contributed by atoms with Gasteiger partial charge in [0, 0.05) is 24.5 Å². The third-order valence-corrected chi connectivity index (χ3v) is 3.47. The zero-order valence-corrected chi connectivity index (χ0v) is 9.47. The van der Waals surface area contributed by atoms with Gasteiger partial charge in [-0.3, -0.25) is 4.79 Å². The summed E-state index contributed by atoms with van der Waals surface area (Å²) in [7, 11) is 0. The van der Waals surface area contributed by atoms with Crippen LogP contribution in [-0.4, -0.2) is 20.4 Å². The Labute approximate surface area is 98.6 Å². The van der Waals surface area contributed by atoms with Crippen LogP contribution in [0.1, 0.15) is 37.3 Å². The number of hydrogen-bond acceptors (Lipinski definition) is 4. The Balaban J connectivity index is 2.01. The van der Waals surface area contributed by atoms with Gasteiger partial charge in [-0.25, -0.2) is 9.50 Å². The van der Waals surface area contributed by atoms with Crippen LogP contribution in [0.5, 0.6) is 0 Å². The summed E-state index contributed by atoms with van der Waals surface area (Å²) in [5.74, 6) is 1.28. The van der Waals surface area contributed by atoms with E-state index < -0.39 is 0 Å². The molecular weight excluding hydrogens is 216 g/mol. The summed E-state index contributed by atoms with van der Waals surface area (Å²) in [6, 6.07) is 3.99. The molecule has 0 aliphatic heterocycles. The molecule has 2 aromatic rings. The summed E-state index contributed by atoms with van der Waals surface area (Å²) in [5, 5.41) is 4.24. The Morgan fingerprint density at radius 2 is 2.06 bits per heavy atom. The van der Waals surface area contributed by atoms with E-state index in [0.29, 0.717) is 30.4 Å². The Hall–Kier alpha value is -1.91. The number of rotatable bonds is 1. The molecule has 0 amide bonds. The third kappa shape index (κ3) is 1.67. The van der Waals surface area contributed by atoms with E-state index in [1.807, 2.05) is 16.6 Å². The molecule has 2 heterocycles. The van der Waals surface area contributed by atoms with E-state index in [2.05, 4.69) is 10.1 Å². The number of carbonyl (C=O) groups is 1. The number of nitrogens with two attached hydrogens (primary N) is 1. The van der Waals surface area contributed by atoms with Crippen molar-refractivity contribution in [2.24, 2.45) is 0 Å². The molecule has 1 aliphatic rings. The van der Waals surface area contributed by atoms with Crippen LogP contribution in [-0.2, 0) is 4.79 Å². The van der Waals surface area contributed by atoms with Crippen LogP contribution in [0.2, 0.25) is 0 Å². The van der Waals surface area contributed by atoms with Gasteiger partial charge in [0.2, 0.25) is 0 Å². The fourth-order valence-electron chi connectivity index (χ4n) is 2.52. The minimum absolute atomic E-state index is 0.372. The number of nitrogen functional groups attached to an aromatic ring is 1. The van der Waals surface area contributed by atoms with Gasteiger partial charge in [0.15, 0.2) is 5.82 Å². The van der Waals surface area contributed by atoms with Gasteiger partial charge in [-0.1, -0.05) is 0 Å². The zero-order valence-electron chi connectivity index (χ0n) is 9.47. The maximum absolute atomic E-state index is 11.2. The number of Topliss-reactive ketones (excluding diaryl/α,β-unsaturated/α-hetero) is 1. The van der Waals surface area contributed by atoms with Crippen LogP contribution in [0.15, 0.2) is 18.5 Å². The maximum atomic E-state index is 11.2. The van der Waals surface area contributed by atoms with Crippen molar-refractivity contribution in [3.63, 3.8) is 0 Å². The molecule has 0 saturated heterocycles. The monoisotopic (exact) mass is 230 g/mol. The zero-order chi connectivity index (χ0) is 11.8. The molecule has 0 aromatic carbocycles. The van der Waals surface area contributed by atoms with E-state index in [4.69, 9.17) is 5.73 Å². The van der Waals surface area contributed by atoms with E-state index >= 15 is 0 Å². The highest BCUT2D eigenvalue weighted by molar-refractivity contribution is 5.79. The summed E-state index contributed by atoms with van der Waals surface area (Å²) in [6.45, 7) is 0. The van der Waals surface area contributed by atoms with Gasteiger partial charge in [0.05, 0.1) is 0 Å². The average molecular weight is 230 g/mol. The van der Waals surface area contributed by atoms with Gasteiger partial charge in [0.25, 0.3) is 0 Å². The average Bonchev–Trinajstić information content (AvgIpc) is 2.75. The first-order chi connectivity index (χ1) is 8.25. The van der Waals surface area contributed by atoms with Gasteiger partial charge in [-0.2, -0.15) is 5.10 Å². The molecule has 0 unspecified atom stereocenters. The minimum atomic E-state index is 0.372. The SMILES string of the molecule is Nc1ncnn2c(C3CCC(=O)CC3)ccc12. The van der Waals surface area contributed by atoms with Crippen LogP contribution in [0, 0.1) is 0 Å². The predicted octanol–water partition coefficient (Wildman–Crippen LogP) is 1.54. The summed E-state index contributed by atoms with van der Waals surface area (Å²) in [5.41, 5.74) is 7.78. The largest absolute Gasteiger partial charge is 0.382 e. The summed E-state index contributed by atoms with van der Waals surface area (Å²) >= 11 is 0. The third-order valence-electron chi connectivity index (χ3n) is 3.47. The quantitative estimate of drug-likeness (QED) is 0.806. The predicted molar refractivity (Wildman–Crippen MR) is 63.6 cm³/mol. The molecule has 0 atom stereocenters. The van der Waals surface area contributed by atoms with Crippen molar-refractivity contribution in [1.82, 2.24) is 14.6 Å².